The van der Waals surface area contributed by atoms with E-state index in [4.69, 9.17) is 14.2 Å². The fraction of sp³-hybridized carbons (Fsp3) is 0.368. The summed E-state index contributed by atoms with van der Waals surface area (Å²) < 4.78 is 54.9. The predicted octanol–water partition coefficient (Wildman–Crippen LogP) is 2.01. The first-order chi connectivity index (χ1) is 14.8. The highest BCUT2D eigenvalue weighted by Gasteiger charge is 2.50. The third-order valence-electron chi connectivity index (χ3n) is 4.84. The third-order valence-corrected chi connectivity index (χ3v) is 4.84. The largest absolute Gasteiger partial charge is 0.441 e. The molecule has 0 radical (unpaired) electrons. The van der Waals surface area contributed by atoms with E-state index in [-0.39, 0.29) is 24.5 Å². The molecule has 2 N–H and O–H groups in total. The number of nitrogens with zero attached hydrogens (tertiary/aromatic N) is 2. The number of anilines is 1. The van der Waals surface area contributed by atoms with E-state index in [9.17, 15) is 22.8 Å². The van der Waals surface area contributed by atoms with E-state index >= 15 is 0 Å². The zero-order valence-corrected chi connectivity index (χ0v) is 15.8. The van der Waals surface area contributed by atoms with Crippen molar-refractivity contribution in [3.8, 4) is 0 Å². The molecule has 164 valence electrons. The third kappa shape index (κ3) is 4.75. The molecule has 2 saturated heterocycles. The molecule has 2 amide bonds. The molecule has 9 nitrogen and oxygen atoms in total. The summed E-state index contributed by atoms with van der Waals surface area (Å²) in [7, 11) is 0. The van der Waals surface area contributed by atoms with Gasteiger partial charge in [0.05, 0.1) is 30.4 Å². The SMILES string of the molecule is O=C(Nc1cccc(C(F)(F)F)c1)O[C@@H]1CO[C@H]2[C@@H]1OC[C@@H]2NC(=O)c1cncnc1. The average molecular weight is 438 g/mol. The van der Waals surface area contributed by atoms with Gasteiger partial charge in [-0.05, 0) is 18.2 Å². The minimum absolute atomic E-state index is 0.0200. The zero-order valence-electron chi connectivity index (χ0n) is 15.8. The van der Waals surface area contributed by atoms with Crippen molar-refractivity contribution in [2.45, 2.75) is 30.5 Å². The highest BCUT2D eigenvalue weighted by Crippen LogP contribution is 2.31. The topological polar surface area (TPSA) is 112 Å². The summed E-state index contributed by atoms with van der Waals surface area (Å²) in [6.07, 6.45) is -3.37. The molecule has 0 aliphatic carbocycles. The molecule has 4 atom stereocenters. The second-order valence-corrected chi connectivity index (χ2v) is 6.95. The van der Waals surface area contributed by atoms with E-state index in [0.29, 0.717) is 0 Å². The number of rotatable bonds is 4. The Labute approximate surface area is 173 Å². The number of benzene rings is 1. The van der Waals surface area contributed by atoms with Gasteiger partial charge in [0, 0.05) is 18.1 Å². The van der Waals surface area contributed by atoms with Gasteiger partial charge in [-0.15, -0.1) is 0 Å². The lowest BCUT2D eigenvalue weighted by molar-refractivity contribution is -0.137. The number of fused-ring (bicyclic) bond motifs is 1. The number of nitrogens with one attached hydrogen (secondary N) is 2. The van der Waals surface area contributed by atoms with Gasteiger partial charge in [0.2, 0.25) is 0 Å². The smallest absolute Gasteiger partial charge is 0.416 e. The van der Waals surface area contributed by atoms with E-state index in [0.717, 1.165) is 12.1 Å². The monoisotopic (exact) mass is 438 g/mol. The van der Waals surface area contributed by atoms with E-state index in [2.05, 4.69) is 20.6 Å². The number of carbonyl (C=O) groups excluding carboxylic acids is 2. The van der Waals surface area contributed by atoms with Crippen molar-refractivity contribution in [3.63, 3.8) is 0 Å². The van der Waals surface area contributed by atoms with Gasteiger partial charge >= 0.3 is 12.3 Å². The van der Waals surface area contributed by atoms with Crippen LogP contribution in [0, 0.1) is 0 Å². The van der Waals surface area contributed by atoms with E-state index in [1.54, 1.807) is 0 Å². The first-order valence-electron chi connectivity index (χ1n) is 9.25. The number of ether oxygens (including phenoxy) is 3. The van der Waals surface area contributed by atoms with Crippen LogP contribution in [0.3, 0.4) is 0 Å². The van der Waals surface area contributed by atoms with Crippen LogP contribution in [0.4, 0.5) is 23.7 Å². The Morgan fingerprint density at radius 2 is 1.84 bits per heavy atom. The molecule has 2 fully saturated rings. The van der Waals surface area contributed by atoms with Gasteiger partial charge in [-0.3, -0.25) is 10.1 Å². The molecule has 2 aliphatic heterocycles. The summed E-state index contributed by atoms with van der Waals surface area (Å²) in [4.78, 5) is 32.0. The van der Waals surface area contributed by atoms with Gasteiger partial charge in [0.25, 0.3) is 5.91 Å². The van der Waals surface area contributed by atoms with Crippen LogP contribution in [0.2, 0.25) is 0 Å². The molecule has 2 aromatic rings. The molecule has 31 heavy (non-hydrogen) atoms. The van der Waals surface area contributed by atoms with Crippen molar-refractivity contribution < 1.29 is 37.0 Å². The summed E-state index contributed by atoms with van der Waals surface area (Å²) in [5.74, 6) is -0.398. The lowest BCUT2D eigenvalue weighted by atomic mass is 10.1. The Hall–Kier alpha value is -3.25. The summed E-state index contributed by atoms with van der Waals surface area (Å²) in [6.45, 7) is 0.163. The van der Waals surface area contributed by atoms with Crippen LogP contribution < -0.4 is 10.6 Å². The van der Waals surface area contributed by atoms with Crippen molar-refractivity contribution >= 4 is 17.7 Å². The molecular weight excluding hydrogens is 421 g/mol. The molecule has 2 aliphatic rings. The van der Waals surface area contributed by atoms with Crippen LogP contribution >= 0.6 is 0 Å². The van der Waals surface area contributed by atoms with Gasteiger partial charge in [-0.2, -0.15) is 13.2 Å². The maximum atomic E-state index is 12.8. The number of halogens is 3. The fourth-order valence-corrected chi connectivity index (χ4v) is 3.42. The molecular formula is C19H17F3N4O5. The van der Waals surface area contributed by atoms with Crippen LogP contribution in [-0.2, 0) is 20.4 Å². The van der Waals surface area contributed by atoms with Crippen LogP contribution in [0.25, 0.3) is 0 Å². The minimum Gasteiger partial charge on any atom is -0.441 e. The highest BCUT2D eigenvalue weighted by atomic mass is 19.4. The van der Waals surface area contributed by atoms with Crippen molar-refractivity contribution in [1.82, 2.24) is 15.3 Å². The normalized spacial score (nSPS) is 25.0. The van der Waals surface area contributed by atoms with Crippen molar-refractivity contribution in [2.75, 3.05) is 18.5 Å². The number of carbonyl (C=O) groups is 2. The molecule has 12 heteroatoms. The van der Waals surface area contributed by atoms with Gasteiger partial charge in [-0.1, -0.05) is 6.07 Å². The molecule has 3 heterocycles. The molecule has 0 unspecified atom stereocenters. The quantitative estimate of drug-likeness (QED) is 0.751. The standard InChI is InChI=1S/C19H17F3N4O5/c20-19(21,22)11-2-1-3-12(4-11)25-18(28)31-14-8-30-15-13(7-29-16(14)15)26-17(27)10-5-23-9-24-6-10/h1-6,9,13-16H,7-8H2,(H,25,28)(H,26,27)/t13-,14+,15+,16+/m0/s1. The fourth-order valence-electron chi connectivity index (χ4n) is 3.42. The average Bonchev–Trinajstić information content (AvgIpc) is 3.32. The Bertz CT molecular complexity index is 959. The Balaban J connectivity index is 1.32. The van der Waals surface area contributed by atoms with Gasteiger partial charge in [0.1, 0.15) is 18.5 Å². The summed E-state index contributed by atoms with van der Waals surface area (Å²) in [5.41, 5.74) is -0.675. The van der Waals surface area contributed by atoms with Crippen LogP contribution in [-0.4, -0.2) is 59.5 Å². The summed E-state index contributed by atoms with van der Waals surface area (Å²) >= 11 is 0. The van der Waals surface area contributed by atoms with Crippen LogP contribution in [0.5, 0.6) is 0 Å². The lowest BCUT2D eigenvalue weighted by Gasteiger charge is -2.18. The molecule has 0 spiro atoms. The molecule has 0 saturated carbocycles. The Morgan fingerprint density at radius 3 is 2.58 bits per heavy atom. The minimum atomic E-state index is -4.53. The number of hydrogen-bond donors (Lipinski definition) is 2. The van der Waals surface area contributed by atoms with E-state index in [1.165, 1.54) is 30.9 Å². The second kappa shape index (κ2) is 8.47. The summed E-state index contributed by atoms with van der Waals surface area (Å²) in [6, 6.07) is 3.72. The molecule has 1 aromatic heterocycles. The Morgan fingerprint density at radius 1 is 1.10 bits per heavy atom. The first-order valence-corrected chi connectivity index (χ1v) is 9.25. The van der Waals surface area contributed by atoms with Crippen LogP contribution in [0.15, 0.2) is 43.0 Å². The van der Waals surface area contributed by atoms with Crippen LogP contribution in [0.1, 0.15) is 15.9 Å². The maximum absolute atomic E-state index is 12.8. The van der Waals surface area contributed by atoms with Gasteiger partial charge in [0.15, 0.2) is 6.10 Å². The van der Waals surface area contributed by atoms with Gasteiger partial charge < -0.3 is 19.5 Å². The first kappa shape index (κ1) is 21.0. The van der Waals surface area contributed by atoms with E-state index in [1.807, 2.05) is 0 Å². The van der Waals surface area contributed by atoms with Crippen molar-refractivity contribution in [2.24, 2.45) is 0 Å². The predicted molar refractivity (Wildman–Crippen MR) is 98.1 cm³/mol. The van der Waals surface area contributed by atoms with Crippen molar-refractivity contribution in [1.29, 1.82) is 0 Å². The number of alkyl halides is 3. The number of hydrogen-bond acceptors (Lipinski definition) is 7. The zero-order chi connectivity index (χ0) is 22.0. The van der Waals surface area contributed by atoms with Crippen molar-refractivity contribution in [3.05, 3.63) is 54.1 Å². The molecule has 1 aromatic carbocycles. The number of amides is 2. The number of aromatic nitrogens is 2. The maximum Gasteiger partial charge on any atom is 0.416 e. The van der Waals surface area contributed by atoms with Gasteiger partial charge in [-0.25, -0.2) is 14.8 Å². The molecule has 0 bridgehead atoms. The Kier molecular flexibility index (Phi) is 5.74. The molecule has 4 rings (SSSR count). The summed E-state index contributed by atoms with van der Waals surface area (Å²) in [5, 5.41) is 5.04. The second-order valence-electron chi connectivity index (χ2n) is 6.95. The van der Waals surface area contributed by atoms with E-state index < -0.39 is 48.1 Å². The lowest BCUT2D eigenvalue weighted by Crippen LogP contribution is -2.44. The highest BCUT2D eigenvalue weighted by molar-refractivity contribution is 5.93.